The van der Waals surface area contributed by atoms with E-state index in [0.717, 1.165) is 4.90 Å². The number of nitrogens with one attached hydrogen (secondary N) is 1. The molecular weight excluding hydrogens is 384 g/mol. The number of rotatable bonds is 7. The molecule has 0 unspecified atom stereocenters. The van der Waals surface area contributed by atoms with Gasteiger partial charge < -0.3 is 10.1 Å². The summed E-state index contributed by atoms with van der Waals surface area (Å²) in [5.41, 5.74) is 1.44. The summed E-state index contributed by atoms with van der Waals surface area (Å²) in [7, 11) is 0. The van der Waals surface area contributed by atoms with Crippen LogP contribution < -0.4 is 5.32 Å². The standard InChI is InChI=1S/C23H24N2O5/c1-4-30-23(29)15-9-11-16(12-10-15)24-20(26)19(13-14(2)3)25-21(27)17-7-5-6-8-18(17)22(25)28/h5-12,14,19H,4,13H2,1-3H3,(H,24,26)/t19-/m1/s1. The summed E-state index contributed by atoms with van der Waals surface area (Å²) >= 11 is 0. The van der Waals surface area contributed by atoms with E-state index in [1.165, 1.54) is 0 Å². The molecule has 2 aromatic carbocycles. The number of ether oxygens (including phenoxy) is 1. The zero-order chi connectivity index (χ0) is 21.8. The van der Waals surface area contributed by atoms with Crippen LogP contribution in [0.1, 0.15) is 58.3 Å². The van der Waals surface area contributed by atoms with Crippen molar-refractivity contribution < 1.29 is 23.9 Å². The van der Waals surface area contributed by atoms with Crippen molar-refractivity contribution in [3.8, 4) is 0 Å². The summed E-state index contributed by atoms with van der Waals surface area (Å²) in [4.78, 5) is 51.6. The van der Waals surface area contributed by atoms with Crippen LogP contribution in [0.5, 0.6) is 0 Å². The predicted octanol–water partition coefficient (Wildman–Crippen LogP) is 3.51. The SMILES string of the molecule is CCOC(=O)c1ccc(NC(=O)[C@@H](CC(C)C)N2C(=O)c3ccccc3C2=O)cc1. The summed E-state index contributed by atoms with van der Waals surface area (Å²) < 4.78 is 4.94. The normalized spacial score (nSPS) is 13.9. The molecule has 0 saturated carbocycles. The molecule has 1 heterocycles. The molecule has 0 saturated heterocycles. The lowest BCUT2D eigenvalue weighted by Gasteiger charge is -2.26. The highest BCUT2D eigenvalue weighted by Gasteiger charge is 2.42. The van der Waals surface area contributed by atoms with E-state index in [1.54, 1.807) is 55.5 Å². The smallest absolute Gasteiger partial charge is 0.338 e. The first-order valence-corrected chi connectivity index (χ1v) is 9.88. The van der Waals surface area contributed by atoms with Crippen molar-refractivity contribution in [1.82, 2.24) is 4.90 Å². The van der Waals surface area contributed by atoms with E-state index < -0.39 is 29.7 Å². The molecule has 1 aliphatic heterocycles. The minimum atomic E-state index is -0.942. The van der Waals surface area contributed by atoms with Crippen molar-refractivity contribution in [2.45, 2.75) is 33.2 Å². The Kier molecular flexibility index (Phi) is 6.30. The second-order valence-corrected chi connectivity index (χ2v) is 7.46. The summed E-state index contributed by atoms with van der Waals surface area (Å²) in [5, 5.41) is 2.75. The molecule has 1 atom stereocenters. The maximum Gasteiger partial charge on any atom is 0.338 e. The molecule has 3 rings (SSSR count). The van der Waals surface area contributed by atoms with Gasteiger partial charge in [0, 0.05) is 5.69 Å². The molecule has 7 nitrogen and oxygen atoms in total. The van der Waals surface area contributed by atoms with E-state index in [4.69, 9.17) is 4.74 Å². The molecule has 30 heavy (non-hydrogen) atoms. The third-order valence-electron chi connectivity index (χ3n) is 4.80. The highest BCUT2D eigenvalue weighted by molar-refractivity contribution is 6.23. The van der Waals surface area contributed by atoms with Crippen molar-refractivity contribution in [2.75, 3.05) is 11.9 Å². The Bertz CT molecular complexity index is 946. The molecule has 3 amide bonds. The first-order valence-electron chi connectivity index (χ1n) is 9.88. The molecule has 156 valence electrons. The van der Waals surface area contributed by atoms with E-state index in [9.17, 15) is 19.2 Å². The van der Waals surface area contributed by atoms with Gasteiger partial charge in [-0.25, -0.2) is 4.79 Å². The van der Waals surface area contributed by atoms with Gasteiger partial charge in [0.05, 0.1) is 23.3 Å². The molecular formula is C23H24N2O5. The Balaban J connectivity index is 1.81. The average molecular weight is 408 g/mol. The molecule has 1 aliphatic rings. The Morgan fingerprint density at radius 2 is 1.53 bits per heavy atom. The highest BCUT2D eigenvalue weighted by Crippen LogP contribution is 2.27. The molecule has 7 heteroatoms. The number of benzene rings is 2. The van der Waals surface area contributed by atoms with Crippen LogP contribution in [0.4, 0.5) is 5.69 Å². The molecule has 0 aliphatic carbocycles. The third-order valence-corrected chi connectivity index (χ3v) is 4.80. The van der Waals surface area contributed by atoms with Gasteiger partial charge in [0.25, 0.3) is 11.8 Å². The molecule has 0 aromatic heterocycles. The number of nitrogens with zero attached hydrogens (tertiary/aromatic N) is 1. The Morgan fingerprint density at radius 3 is 2.03 bits per heavy atom. The van der Waals surface area contributed by atoms with Crippen LogP contribution in [0.3, 0.4) is 0 Å². The number of imide groups is 1. The fourth-order valence-corrected chi connectivity index (χ4v) is 3.40. The van der Waals surface area contributed by atoms with Gasteiger partial charge in [-0.15, -0.1) is 0 Å². The molecule has 0 radical (unpaired) electrons. The van der Waals surface area contributed by atoms with Gasteiger partial charge in [0.15, 0.2) is 0 Å². The topological polar surface area (TPSA) is 92.8 Å². The van der Waals surface area contributed by atoms with Crippen molar-refractivity contribution in [2.24, 2.45) is 5.92 Å². The first kappa shape index (κ1) is 21.2. The summed E-state index contributed by atoms with van der Waals surface area (Å²) in [5.74, 6) is -1.75. The Labute approximate surface area is 175 Å². The fourth-order valence-electron chi connectivity index (χ4n) is 3.40. The second kappa shape index (κ2) is 8.90. The van der Waals surface area contributed by atoms with Crippen molar-refractivity contribution in [3.63, 3.8) is 0 Å². The predicted molar refractivity (Wildman–Crippen MR) is 111 cm³/mol. The maximum atomic E-state index is 13.0. The summed E-state index contributed by atoms with van der Waals surface area (Å²) in [6.07, 6.45) is 0.332. The van der Waals surface area contributed by atoms with Gasteiger partial charge in [-0.1, -0.05) is 26.0 Å². The minimum absolute atomic E-state index is 0.0799. The van der Waals surface area contributed by atoms with Crippen molar-refractivity contribution >= 4 is 29.4 Å². The maximum absolute atomic E-state index is 13.0. The van der Waals surface area contributed by atoms with Crippen LogP contribution in [0.15, 0.2) is 48.5 Å². The quantitative estimate of drug-likeness (QED) is 0.559. The van der Waals surface area contributed by atoms with Crippen LogP contribution in [0.2, 0.25) is 0 Å². The number of hydrogen-bond donors (Lipinski definition) is 1. The van der Waals surface area contributed by atoms with Gasteiger partial charge in [0.1, 0.15) is 6.04 Å². The number of fused-ring (bicyclic) bond motifs is 1. The minimum Gasteiger partial charge on any atom is -0.462 e. The number of hydrogen-bond acceptors (Lipinski definition) is 5. The van der Waals surface area contributed by atoms with Crippen molar-refractivity contribution in [1.29, 1.82) is 0 Å². The summed E-state index contributed by atoms with van der Waals surface area (Å²) in [6, 6.07) is 11.9. The number of anilines is 1. The number of amides is 3. The largest absolute Gasteiger partial charge is 0.462 e. The van der Waals surface area contributed by atoms with Crippen LogP contribution in [0.25, 0.3) is 0 Å². The van der Waals surface area contributed by atoms with E-state index >= 15 is 0 Å². The van der Waals surface area contributed by atoms with E-state index in [2.05, 4.69) is 5.32 Å². The lowest BCUT2D eigenvalue weighted by atomic mass is 10.0. The van der Waals surface area contributed by atoms with Crippen LogP contribution in [-0.4, -0.2) is 41.2 Å². The van der Waals surface area contributed by atoms with Gasteiger partial charge in [-0.05, 0) is 55.7 Å². The molecule has 1 N–H and O–H groups in total. The zero-order valence-electron chi connectivity index (χ0n) is 17.2. The number of carbonyl (C=O) groups excluding carboxylic acids is 4. The number of carbonyl (C=O) groups is 4. The van der Waals surface area contributed by atoms with Gasteiger partial charge >= 0.3 is 5.97 Å². The van der Waals surface area contributed by atoms with Gasteiger partial charge in [-0.3, -0.25) is 19.3 Å². The monoisotopic (exact) mass is 408 g/mol. The van der Waals surface area contributed by atoms with E-state index in [0.29, 0.717) is 28.8 Å². The average Bonchev–Trinajstić information content (AvgIpc) is 2.97. The van der Waals surface area contributed by atoms with Gasteiger partial charge in [0.2, 0.25) is 5.91 Å². The van der Waals surface area contributed by atoms with Crippen LogP contribution >= 0.6 is 0 Å². The van der Waals surface area contributed by atoms with Crippen molar-refractivity contribution in [3.05, 3.63) is 65.2 Å². The number of esters is 1. The highest BCUT2D eigenvalue weighted by atomic mass is 16.5. The Hall–Kier alpha value is -3.48. The van der Waals surface area contributed by atoms with Gasteiger partial charge in [-0.2, -0.15) is 0 Å². The fraction of sp³-hybridized carbons (Fsp3) is 0.304. The third kappa shape index (κ3) is 4.25. The lowest BCUT2D eigenvalue weighted by molar-refractivity contribution is -0.120. The Morgan fingerprint density at radius 1 is 0.967 bits per heavy atom. The second-order valence-electron chi connectivity index (χ2n) is 7.46. The molecule has 0 fully saturated rings. The molecule has 2 aromatic rings. The summed E-state index contributed by atoms with van der Waals surface area (Å²) in [6.45, 7) is 5.84. The van der Waals surface area contributed by atoms with E-state index in [1.807, 2.05) is 13.8 Å². The molecule has 0 spiro atoms. The zero-order valence-corrected chi connectivity index (χ0v) is 17.2. The van der Waals surface area contributed by atoms with Crippen LogP contribution in [-0.2, 0) is 9.53 Å². The first-order chi connectivity index (χ1) is 14.3. The lowest BCUT2D eigenvalue weighted by Crippen LogP contribution is -2.47. The van der Waals surface area contributed by atoms with Crippen LogP contribution in [0, 0.1) is 5.92 Å². The van der Waals surface area contributed by atoms with E-state index in [-0.39, 0.29) is 12.5 Å². The molecule has 0 bridgehead atoms.